The van der Waals surface area contributed by atoms with Crippen LogP contribution in [0.15, 0.2) is 34.5 Å². The summed E-state index contributed by atoms with van der Waals surface area (Å²) in [5.74, 6) is 0.272. The van der Waals surface area contributed by atoms with Crippen molar-refractivity contribution in [2.24, 2.45) is 10.2 Å². The summed E-state index contributed by atoms with van der Waals surface area (Å²) in [6, 6.07) is 7.47. The number of hydrogen-bond acceptors (Lipinski definition) is 8. The molecule has 0 bridgehead atoms. The molecule has 128 valence electrons. The van der Waals surface area contributed by atoms with Gasteiger partial charge in [0.2, 0.25) is 0 Å². The number of benzene rings is 2. The molecular formula is C15H13ClKN8O-. The van der Waals surface area contributed by atoms with E-state index in [1.165, 1.54) is 0 Å². The molecule has 3 N–H and O–H groups in total. The van der Waals surface area contributed by atoms with Crippen molar-refractivity contribution in [2.45, 2.75) is 6.92 Å². The molecule has 0 amide bonds. The molecule has 1 aromatic heterocycles. The van der Waals surface area contributed by atoms with Gasteiger partial charge in [0.05, 0.1) is 0 Å². The zero-order valence-electron chi connectivity index (χ0n) is 15.3. The molecule has 3 rings (SSSR count). The van der Waals surface area contributed by atoms with E-state index in [-0.39, 0.29) is 68.4 Å². The molecule has 9 nitrogen and oxygen atoms in total. The van der Waals surface area contributed by atoms with Crippen molar-refractivity contribution in [3.63, 3.8) is 0 Å². The van der Waals surface area contributed by atoms with Gasteiger partial charge in [0.25, 0.3) is 0 Å². The summed E-state index contributed by atoms with van der Waals surface area (Å²) < 4.78 is 5.39. The number of rotatable bonds is 3. The van der Waals surface area contributed by atoms with Gasteiger partial charge in [-0.1, -0.05) is 12.1 Å². The van der Waals surface area contributed by atoms with Crippen LogP contribution in [0, 0.1) is 18.8 Å². The van der Waals surface area contributed by atoms with Crippen molar-refractivity contribution in [3.05, 3.63) is 47.0 Å². The molecule has 0 aliphatic heterocycles. The molecule has 0 fully saturated rings. The normalized spacial score (nSPS) is 10.5. The second kappa shape index (κ2) is 10.6. The SMILES string of the molecule is CN=Nc1c(C)cc2cccc(Nc3n[c-]nc(Cl)n3)c2c1O.[2H]N=[N-].[K+]. The number of hydrogen-bond donors (Lipinski definition) is 3. The minimum atomic E-state index is 0. The van der Waals surface area contributed by atoms with Crippen LogP contribution in [0.1, 0.15) is 5.56 Å². The number of phenols is 1. The van der Waals surface area contributed by atoms with Gasteiger partial charge >= 0.3 is 51.4 Å². The van der Waals surface area contributed by atoms with Gasteiger partial charge in [-0.2, -0.15) is 10.2 Å². The van der Waals surface area contributed by atoms with Gasteiger partial charge in [-0.15, -0.1) is 11.6 Å². The largest absolute Gasteiger partial charge is 1.00 e. The fourth-order valence-corrected chi connectivity index (χ4v) is 2.44. The summed E-state index contributed by atoms with van der Waals surface area (Å²) in [4.78, 5) is 11.5. The second-order valence-corrected chi connectivity index (χ2v) is 5.09. The number of halogens is 1. The average Bonchev–Trinajstić information content (AvgIpc) is 2.59. The van der Waals surface area contributed by atoms with Crippen LogP contribution in [0.5, 0.6) is 5.75 Å². The fourth-order valence-electron chi connectivity index (χ4n) is 2.32. The van der Waals surface area contributed by atoms with Crippen LogP contribution < -0.4 is 56.7 Å². The Morgan fingerprint density at radius 3 is 2.81 bits per heavy atom. The second-order valence-electron chi connectivity index (χ2n) is 4.75. The first kappa shape index (κ1) is 20.7. The summed E-state index contributed by atoms with van der Waals surface area (Å²) in [6.45, 7) is 1.87. The van der Waals surface area contributed by atoms with E-state index in [1.54, 1.807) is 18.6 Å². The van der Waals surface area contributed by atoms with Crippen molar-refractivity contribution in [2.75, 3.05) is 12.4 Å². The van der Waals surface area contributed by atoms with E-state index in [4.69, 9.17) is 18.5 Å². The Hall–Kier alpha value is -1.56. The Bertz CT molecular complexity index is 972. The van der Waals surface area contributed by atoms with Gasteiger partial charge in [-0.3, -0.25) is 0 Å². The molecule has 11 heteroatoms. The minimum absolute atomic E-state index is 0. The van der Waals surface area contributed by atoms with Crippen LogP contribution in [-0.2, 0) is 0 Å². The van der Waals surface area contributed by atoms with E-state index in [0.717, 1.165) is 10.9 Å². The number of fused-ring (bicyclic) bond motifs is 1. The van der Waals surface area contributed by atoms with Gasteiger partial charge in [-0.25, -0.2) is 0 Å². The van der Waals surface area contributed by atoms with Crippen LogP contribution in [0.3, 0.4) is 0 Å². The summed E-state index contributed by atoms with van der Waals surface area (Å²) in [5, 5.41) is 22.8. The predicted molar refractivity (Wildman–Crippen MR) is 93.8 cm³/mol. The van der Waals surface area contributed by atoms with Crippen molar-refractivity contribution < 1.29 is 57.9 Å². The predicted octanol–water partition coefficient (Wildman–Crippen LogP) is 1.54. The van der Waals surface area contributed by atoms with E-state index in [9.17, 15) is 5.11 Å². The Morgan fingerprint density at radius 2 is 2.15 bits per heavy atom. The molecule has 0 saturated heterocycles. The molecule has 0 atom stereocenters. The first-order chi connectivity index (χ1) is 12.5. The minimum Gasteiger partial charge on any atom is -0.715 e. The standard InChI is InChI=1S/C15H12ClN6O.K.HN2/c1-8-6-9-4-3-5-10(11(9)13(23)12(8)22-17-2)20-15-19-7-18-14(16)21-15;;1-2/h3-6,23H,1-2H3,(H,18,19,20,21);;1H/q-1;+1;-1/i/hD. The van der Waals surface area contributed by atoms with Crippen molar-refractivity contribution in [1.29, 1.82) is 5.52 Å². The van der Waals surface area contributed by atoms with Crippen LogP contribution in [0.25, 0.3) is 16.3 Å². The number of aromatic nitrogens is 3. The Balaban J connectivity index is 0.000000855. The van der Waals surface area contributed by atoms with Crippen molar-refractivity contribution >= 4 is 39.7 Å². The van der Waals surface area contributed by atoms with Crippen LogP contribution >= 0.6 is 11.6 Å². The molecule has 0 aliphatic rings. The number of nitrogens with one attached hydrogen (secondary N) is 2. The molecule has 0 saturated carbocycles. The van der Waals surface area contributed by atoms with E-state index in [1.807, 2.05) is 25.1 Å². The van der Waals surface area contributed by atoms with Gasteiger partial charge in [0.1, 0.15) is 16.9 Å². The maximum Gasteiger partial charge on any atom is 1.00 e. The molecule has 0 aliphatic carbocycles. The van der Waals surface area contributed by atoms with Crippen LogP contribution in [0.4, 0.5) is 17.3 Å². The molecule has 0 spiro atoms. The third-order valence-corrected chi connectivity index (χ3v) is 3.42. The molecule has 26 heavy (non-hydrogen) atoms. The summed E-state index contributed by atoms with van der Waals surface area (Å²) in [6.07, 6.45) is 2.40. The first-order valence-electron chi connectivity index (χ1n) is 7.34. The summed E-state index contributed by atoms with van der Waals surface area (Å²) in [7, 11) is 1.55. The van der Waals surface area contributed by atoms with E-state index >= 15 is 0 Å². The Morgan fingerprint density at radius 1 is 1.42 bits per heavy atom. The topological polar surface area (TPSA) is 142 Å². The number of aryl methyl sites for hydroxylation is 1. The van der Waals surface area contributed by atoms with Crippen molar-refractivity contribution in [3.8, 4) is 5.75 Å². The van der Waals surface area contributed by atoms with Crippen molar-refractivity contribution in [1.82, 2.24) is 15.0 Å². The van der Waals surface area contributed by atoms with E-state index < -0.39 is 0 Å². The Labute approximate surface area is 198 Å². The zero-order chi connectivity index (χ0) is 19.1. The van der Waals surface area contributed by atoms with Crippen LogP contribution in [-0.4, -0.2) is 27.1 Å². The number of anilines is 2. The average molecular weight is 397 g/mol. The van der Waals surface area contributed by atoms with Gasteiger partial charge in [0, 0.05) is 24.4 Å². The summed E-state index contributed by atoms with van der Waals surface area (Å²) >= 11 is 5.74. The quantitative estimate of drug-likeness (QED) is 0.349. The number of aromatic hydroxyl groups is 1. The van der Waals surface area contributed by atoms with Gasteiger partial charge in [-0.05, 0) is 30.0 Å². The first-order valence-corrected chi connectivity index (χ1v) is 7.27. The third-order valence-electron chi connectivity index (χ3n) is 3.25. The van der Waals surface area contributed by atoms with E-state index in [2.05, 4.69) is 36.8 Å². The molecule has 2 aromatic carbocycles. The van der Waals surface area contributed by atoms with Gasteiger partial charge < -0.3 is 36.4 Å². The molecule has 0 unspecified atom stereocenters. The Kier molecular flexibility index (Phi) is 8.42. The third kappa shape index (κ3) is 4.99. The number of azo groups is 1. The monoisotopic (exact) mass is 396 g/mol. The maximum absolute atomic E-state index is 10.6. The maximum atomic E-state index is 10.6. The molecule has 0 radical (unpaired) electrons. The van der Waals surface area contributed by atoms with Crippen LogP contribution in [0.2, 0.25) is 6.70 Å². The molecule has 3 aromatic rings. The number of nitrogens with zero attached hydrogens (tertiary/aromatic N) is 6. The summed E-state index contributed by atoms with van der Waals surface area (Å²) in [5.41, 5.74) is 10.5. The molecular weight excluding hydrogens is 383 g/mol. The number of phenolic OH excluding ortho intramolecular Hbond substituents is 1. The fraction of sp³-hybridized carbons (Fsp3) is 0.133. The zero-order valence-corrected chi connectivity index (χ0v) is 18.1. The van der Waals surface area contributed by atoms with E-state index in [0.29, 0.717) is 16.8 Å². The smallest absolute Gasteiger partial charge is 0.715 e. The van der Waals surface area contributed by atoms with Gasteiger partial charge in [0.15, 0.2) is 7.16 Å². The molecule has 1 heterocycles.